The summed E-state index contributed by atoms with van der Waals surface area (Å²) in [6.45, 7) is 2.26. The third kappa shape index (κ3) is 2.52. The Morgan fingerprint density at radius 2 is 2.30 bits per heavy atom. The molecule has 112 valence electrons. The zero-order chi connectivity index (χ0) is 14.8. The summed E-state index contributed by atoms with van der Waals surface area (Å²) in [5.41, 5.74) is -2.18. The lowest BCUT2D eigenvalue weighted by atomic mass is 9.75. The minimum absolute atomic E-state index is 0.0372. The maximum Gasteiger partial charge on any atom is 0.352 e. The molecule has 1 amide bonds. The molecule has 0 spiro atoms. The summed E-state index contributed by atoms with van der Waals surface area (Å²) in [6, 6.07) is 0. The van der Waals surface area contributed by atoms with Crippen LogP contribution in [0.15, 0.2) is 6.33 Å². The molecule has 2 N–H and O–H groups in total. The second-order valence-corrected chi connectivity index (χ2v) is 5.01. The molecule has 1 aliphatic carbocycles. The third-order valence-electron chi connectivity index (χ3n) is 3.70. The van der Waals surface area contributed by atoms with E-state index < -0.39 is 17.4 Å². The van der Waals surface area contributed by atoms with Crippen molar-refractivity contribution in [1.29, 1.82) is 0 Å². The van der Waals surface area contributed by atoms with Crippen molar-refractivity contribution >= 4 is 5.91 Å². The number of aromatic nitrogens is 3. The number of hydrogen-bond acceptors (Lipinski definition) is 4. The van der Waals surface area contributed by atoms with Gasteiger partial charge in [-0.15, -0.1) is 10.2 Å². The molecule has 1 heterocycles. The molecule has 0 atom stereocenters. The van der Waals surface area contributed by atoms with E-state index in [1.54, 1.807) is 4.57 Å². The van der Waals surface area contributed by atoms with E-state index in [0.29, 0.717) is 19.4 Å². The first-order valence-corrected chi connectivity index (χ1v) is 6.66. The van der Waals surface area contributed by atoms with Crippen molar-refractivity contribution in [3.05, 3.63) is 12.2 Å². The number of aryl methyl sites for hydroxylation is 1. The smallest absolute Gasteiger partial charge is 0.352 e. The second-order valence-electron chi connectivity index (χ2n) is 5.01. The molecule has 1 aliphatic rings. The number of alkyl halides is 2. The minimum Gasteiger partial charge on any atom is -0.383 e. The largest absolute Gasteiger partial charge is 0.383 e. The maximum atomic E-state index is 13.8. The monoisotopic (exact) mass is 288 g/mol. The Hall–Kier alpha value is -1.57. The highest BCUT2D eigenvalue weighted by molar-refractivity contribution is 5.85. The minimum atomic E-state index is -3.74. The first-order chi connectivity index (χ1) is 9.40. The van der Waals surface area contributed by atoms with E-state index in [4.69, 9.17) is 0 Å². The van der Waals surface area contributed by atoms with Crippen LogP contribution in [-0.4, -0.2) is 43.8 Å². The Morgan fingerprint density at radius 3 is 2.85 bits per heavy atom. The molecule has 1 aromatic heterocycles. The lowest BCUT2D eigenvalue weighted by Crippen LogP contribution is -2.60. The van der Waals surface area contributed by atoms with Gasteiger partial charge in [-0.25, -0.2) is 0 Å². The number of rotatable bonds is 6. The highest BCUT2D eigenvalue weighted by Gasteiger charge is 2.60. The summed E-state index contributed by atoms with van der Waals surface area (Å²) in [5, 5.41) is 19.4. The number of hydrogen-bond donors (Lipinski definition) is 2. The molecule has 1 saturated carbocycles. The van der Waals surface area contributed by atoms with Gasteiger partial charge in [-0.1, -0.05) is 6.92 Å². The number of amides is 1. The van der Waals surface area contributed by atoms with Crippen molar-refractivity contribution in [1.82, 2.24) is 20.1 Å². The molecule has 1 fully saturated rings. The van der Waals surface area contributed by atoms with E-state index in [9.17, 15) is 18.7 Å². The molecule has 0 aliphatic heterocycles. The Kier molecular flexibility index (Phi) is 4.03. The van der Waals surface area contributed by atoms with Gasteiger partial charge in [-0.2, -0.15) is 8.78 Å². The van der Waals surface area contributed by atoms with Crippen molar-refractivity contribution in [2.75, 3.05) is 6.54 Å². The summed E-state index contributed by atoms with van der Waals surface area (Å²) in [5.74, 6) is -4.44. The lowest BCUT2D eigenvalue weighted by molar-refractivity contribution is -0.215. The Labute approximate surface area is 115 Å². The predicted octanol–water partition coefficient (Wildman–Crippen LogP) is 0.507. The number of nitrogens with zero attached hydrogens (tertiary/aromatic N) is 3. The fourth-order valence-electron chi connectivity index (χ4n) is 2.18. The van der Waals surface area contributed by atoms with Crippen LogP contribution < -0.4 is 5.32 Å². The fourth-order valence-corrected chi connectivity index (χ4v) is 2.18. The van der Waals surface area contributed by atoms with E-state index in [2.05, 4.69) is 15.5 Å². The molecule has 8 heteroatoms. The number of halogens is 2. The predicted molar refractivity (Wildman–Crippen MR) is 66.2 cm³/mol. The van der Waals surface area contributed by atoms with Crippen LogP contribution in [0.25, 0.3) is 0 Å². The summed E-state index contributed by atoms with van der Waals surface area (Å²) in [6.07, 6.45) is 2.59. The van der Waals surface area contributed by atoms with E-state index >= 15 is 0 Å². The van der Waals surface area contributed by atoms with Gasteiger partial charge < -0.3 is 15.0 Å². The third-order valence-corrected chi connectivity index (χ3v) is 3.70. The number of carbonyl (C=O) groups excluding carboxylic acids is 1. The van der Waals surface area contributed by atoms with Crippen LogP contribution in [0.1, 0.15) is 32.0 Å². The normalized spacial score (nSPS) is 17.6. The van der Waals surface area contributed by atoms with Crippen molar-refractivity contribution in [3.8, 4) is 0 Å². The topological polar surface area (TPSA) is 80.0 Å². The average molecular weight is 288 g/mol. The van der Waals surface area contributed by atoms with E-state index in [0.717, 1.165) is 5.82 Å². The molecule has 20 heavy (non-hydrogen) atoms. The number of carbonyl (C=O) groups is 1. The van der Waals surface area contributed by atoms with Crippen molar-refractivity contribution < 1.29 is 18.7 Å². The summed E-state index contributed by atoms with van der Waals surface area (Å²) >= 11 is 0. The first-order valence-electron chi connectivity index (χ1n) is 6.66. The molecule has 2 rings (SSSR count). The molecule has 0 bridgehead atoms. The second kappa shape index (κ2) is 5.43. The van der Waals surface area contributed by atoms with Gasteiger partial charge in [0.25, 0.3) is 5.91 Å². The van der Waals surface area contributed by atoms with Gasteiger partial charge in [-0.05, 0) is 19.3 Å². The molecule has 0 aromatic carbocycles. The van der Waals surface area contributed by atoms with Crippen molar-refractivity contribution in [2.24, 2.45) is 0 Å². The van der Waals surface area contributed by atoms with Crippen LogP contribution in [0, 0.1) is 0 Å². The van der Waals surface area contributed by atoms with Crippen molar-refractivity contribution in [2.45, 2.75) is 50.7 Å². The van der Waals surface area contributed by atoms with Gasteiger partial charge in [0, 0.05) is 19.5 Å². The Balaban J connectivity index is 1.86. The molecule has 0 unspecified atom stereocenters. The number of aliphatic hydroxyl groups is 1. The van der Waals surface area contributed by atoms with Gasteiger partial charge in [0.05, 0.1) is 0 Å². The van der Waals surface area contributed by atoms with Crippen molar-refractivity contribution in [3.63, 3.8) is 0 Å². The molecular formula is C12H18F2N4O2. The lowest BCUT2D eigenvalue weighted by Gasteiger charge is -2.41. The fraction of sp³-hybridized carbons (Fsp3) is 0.750. The van der Waals surface area contributed by atoms with E-state index in [-0.39, 0.29) is 19.4 Å². The van der Waals surface area contributed by atoms with Crippen LogP contribution in [0.2, 0.25) is 0 Å². The summed E-state index contributed by atoms with van der Waals surface area (Å²) in [4.78, 5) is 11.5. The zero-order valence-corrected chi connectivity index (χ0v) is 11.3. The number of nitrogens with one attached hydrogen (secondary N) is 1. The molecule has 1 aromatic rings. The molecule has 0 saturated heterocycles. The van der Waals surface area contributed by atoms with Crippen LogP contribution >= 0.6 is 0 Å². The standard InChI is InChI=1S/C12H18F2N4O2/c1-2-9-17-16-8-18(9)7-6-15-10(19)12(13,14)11(20)4-3-5-11/h8,20H,2-7H2,1H3,(H,15,19). The zero-order valence-electron chi connectivity index (χ0n) is 11.3. The van der Waals surface area contributed by atoms with Crippen LogP contribution in [0.3, 0.4) is 0 Å². The average Bonchev–Trinajstić information content (AvgIpc) is 2.83. The van der Waals surface area contributed by atoms with Gasteiger partial charge in [0.15, 0.2) is 0 Å². The summed E-state index contributed by atoms with van der Waals surface area (Å²) in [7, 11) is 0. The van der Waals surface area contributed by atoms with Crippen LogP contribution in [0.5, 0.6) is 0 Å². The SMILES string of the molecule is CCc1nncn1CCNC(=O)C(F)(F)C1(O)CCC1. The summed E-state index contributed by atoms with van der Waals surface area (Å²) < 4.78 is 29.2. The van der Waals surface area contributed by atoms with Gasteiger partial charge in [0.1, 0.15) is 17.8 Å². The maximum absolute atomic E-state index is 13.8. The van der Waals surface area contributed by atoms with Crippen LogP contribution in [0.4, 0.5) is 8.78 Å². The van der Waals surface area contributed by atoms with Gasteiger partial charge in [-0.3, -0.25) is 4.79 Å². The highest BCUT2D eigenvalue weighted by atomic mass is 19.3. The Bertz CT molecular complexity index is 486. The first kappa shape index (κ1) is 14.8. The van der Waals surface area contributed by atoms with Gasteiger partial charge in [0.2, 0.25) is 0 Å². The van der Waals surface area contributed by atoms with E-state index in [1.807, 2.05) is 6.92 Å². The highest BCUT2D eigenvalue weighted by Crippen LogP contribution is 2.44. The Morgan fingerprint density at radius 1 is 1.60 bits per heavy atom. The molecular weight excluding hydrogens is 270 g/mol. The van der Waals surface area contributed by atoms with E-state index in [1.165, 1.54) is 6.33 Å². The van der Waals surface area contributed by atoms with Crippen LogP contribution in [-0.2, 0) is 17.8 Å². The van der Waals surface area contributed by atoms with Gasteiger partial charge >= 0.3 is 5.92 Å². The molecule has 0 radical (unpaired) electrons. The molecule has 6 nitrogen and oxygen atoms in total. The quantitative estimate of drug-likeness (QED) is 0.799.